The van der Waals surface area contributed by atoms with Crippen molar-refractivity contribution in [2.75, 3.05) is 17.2 Å². The lowest BCUT2D eigenvalue weighted by molar-refractivity contribution is -0.115. The molecule has 0 aliphatic heterocycles. The molecule has 0 saturated heterocycles. The smallest absolute Gasteiger partial charge is 0.228 e. The number of aromatic nitrogens is 2. The van der Waals surface area contributed by atoms with E-state index in [1.54, 1.807) is 6.20 Å². The van der Waals surface area contributed by atoms with Crippen LogP contribution >= 0.6 is 0 Å². The third-order valence-corrected chi connectivity index (χ3v) is 4.16. The topological polar surface area (TPSA) is 69.8 Å². The Morgan fingerprint density at radius 2 is 2.04 bits per heavy atom. The molecule has 0 radical (unpaired) electrons. The number of hydrogen-bond donors (Lipinski definition) is 3. The number of anilines is 2. The fraction of sp³-hybridized carbons (Fsp3) is 0.300. The van der Waals surface area contributed by atoms with Gasteiger partial charge in [0.05, 0.1) is 18.3 Å². The number of nitrogens with zero attached hydrogens (tertiary/aromatic N) is 1. The second-order valence-electron chi connectivity index (χ2n) is 6.15. The van der Waals surface area contributed by atoms with E-state index in [4.69, 9.17) is 0 Å². The Morgan fingerprint density at radius 1 is 1.16 bits per heavy atom. The summed E-state index contributed by atoms with van der Waals surface area (Å²) in [6, 6.07) is 11.8. The van der Waals surface area contributed by atoms with Gasteiger partial charge in [0, 0.05) is 23.6 Å². The molecule has 0 fully saturated rings. The van der Waals surface area contributed by atoms with Gasteiger partial charge in [0.25, 0.3) is 0 Å². The van der Waals surface area contributed by atoms with Crippen molar-refractivity contribution in [3.05, 3.63) is 54.4 Å². The van der Waals surface area contributed by atoms with Gasteiger partial charge in [0.15, 0.2) is 0 Å². The first kappa shape index (κ1) is 17.0. The molecule has 1 amide bonds. The number of hydrogen-bond acceptors (Lipinski definition) is 3. The van der Waals surface area contributed by atoms with Gasteiger partial charge in [-0.05, 0) is 30.2 Å². The van der Waals surface area contributed by atoms with Crippen LogP contribution in [0.5, 0.6) is 0 Å². The summed E-state index contributed by atoms with van der Waals surface area (Å²) in [5.41, 5.74) is 2.75. The monoisotopic (exact) mass is 336 g/mol. The normalized spacial score (nSPS) is 10.8. The molecule has 0 spiro atoms. The van der Waals surface area contributed by atoms with Crippen LogP contribution < -0.4 is 10.6 Å². The Balaban J connectivity index is 1.54. The predicted molar refractivity (Wildman–Crippen MR) is 103 cm³/mol. The molecule has 2 aromatic heterocycles. The summed E-state index contributed by atoms with van der Waals surface area (Å²) in [6.07, 6.45) is 7.48. The number of aromatic amines is 1. The van der Waals surface area contributed by atoms with Crippen LogP contribution in [-0.4, -0.2) is 22.4 Å². The zero-order chi connectivity index (χ0) is 17.5. The molecule has 5 nitrogen and oxygen atoms in total. The van der Waals surface area contributed by atoms with Gasteiger partial charge in [0.1, 0.15) is 5.82 Å². The average molecular weight is 336 g/mol. The van der Waals surface area contributed by atoms with E-state index in [2.05, 4.69) is 27.5 Å². The highest BCUT2D eigenvalue weighted by Crippen LogP contribution is 2.18. The predicted octanol–water partition coefficient (Wildman–Crippen LogP) is 4.35. The van der Waals surface area contributed by atoms with Crippen molar-refractivity contribution in [2.45, 2.75) is 32.6 Å². The molecule has 5 heteroatoms. The number of carbonyl (C=O) groups is 1. The van der Waals surface area contributed by atoms with Crippen LogP contribution in [0.15, 0.2) is 48.8 Å². The van der Waals surface area contributed by atoms with E-state index in [1.165, 1.54) is 12.8 Å². The molecule has 0 aliphatic rings. The molecule has 1 aromatic carbocycles. The molecule has 0 bridgehead atoms. The number of nitrogens with one attached hydrogen (secondary N) is 3. The van der Waals surface area contributed by atoms with Gasteiger partial charge in [-0.25, -0.2) is 4.98 Å². The maximum Gasteiger partial charge on any atom is 0.228 e. The minimum atomic E-state index is -0.0461. The Kier molecular flexibility index (Phi) is 5.67. The summed E-state index contributed by atoms with van der Waals surface area (Å²) in [4.78, 5) is 19.8. The van der Waals surface area contributed by atoms with E-state index in [-0.39, 0.29) is 5.91 Å². The van der Waals surface area contributed by atoms with Gasteiger partial charge in [-0.1, -0.05) is 38.0 Å². The lowest BCUT2D eigenvalue weighted by atomic mass is 10.1. The summed E-state index contributed by atoms with van der Waals surface area (Å²) in [5, 5.41) is 7.28. The number of carbonyl (C=O) groups excluding carboxylic acids is 1. The summed E-state index contributed by atoms with van der Waals surface area (Å²) >= 11 is 0. The summed E-state index contributed by atoms with van der Waals surface area (Å²) in [7, 11) is 0. The summed E-state index contributed by atoms with van der Waals surface area (Å²) in [6.45, 7) is 3.11. The van der Waals surface area contributed by atoms with Crippen LogP contribution in [0.4, 0.5) is 11.5 Å². The molecule has 0 unspecified atom stereocenters. The van der Waals surface area contributed by atoms with Crippen molar-refractivity contribution >= 4 is 28.3 Å². The standard InChI is InChI=1S/C20H24N4O/c1-2-3-6-11-21-19-10-9-16(14-23-19)24-20(25)12-15-13-22-18-8-5-4-7-17(15)18/h4-5,7-10,13-14,22H,2-3,6,11-12H2,1H3,(H,21,23)(H,24,25). The van der Waals surface area contributed by atoms with E-state index in [1.807, 2.05) is 42.6 Å². The molecule has 2 heterocycles. The van der Waals surface area contributed by atoms with E-state index < -0.39 is 0 Å². The lowest BCUT2D eigenvalue weighted by Crippen LogP contribution is -2.14. The molecule has 130 valence electrons. The second-order valence-corrected chi connectivity index (χ2v) is 6.15. The first-order chi connectivity index (χ1) is 12.3. The average Bonchev–Trinajstić information content (AvgIpc) is 3.03. The number of rotatable bonds is 8. The molecule has 3 rings (SSSR count). The third kappa shape index (κ3) is 4.59. The van der Waals surface area contributed by atoms with Crippen LogP contribution in [0.2, 0.25) is 0 Å². The number of H-pyrrole nitrogens is 1. The highest BCUT2D eigenvalue weighted by molar-refractivity contribution is 5.95. The minimum Gasteiger partial charge on any atom is -0.370 e. The first-order valence-corrected chi connectivity index (χ1v) is 8.81. The van der Waals surface area contributed by atoms with Gasteiger partial charge >= 0.3 is 0 Å². The van der Waals surface area contributed by atoms with E-state index in [0.29, 0.717) is 12.1 Å². The maximum atomic E-state index is 12.3. The van der Waals surface area contributed by atoms with Crippen molar-refractivity contribution in [3.8, 4) is 0 Å². The van der Waals surface area contributed by atoms with Gasteiger partial charge in [0.2, 0.25) is 5.91 Å². The van der Waals surface area contributed by atoms with Crippen molar-refractivity contribution < 1.29 is 4.79 Å². The Hall–Kier alpha value is -2.82. The van der Waals surface area contributed by atoms with Crippen LogP contribution in [0, 0.1) is 0 Å². The molecule has 3 aromatic rings. The zero-order valence-electron chi connectivity index (χ0n) is 14.5. The van der Waals surface area contributed by atoms with Crippen LogP contribution in [0.25, 0.3) is 10.9 Å². The van der Waals surface area contributed by atoms with Crippen molar-refractivity contribution in [1.29, 1.82) is 0 Å². The molecular formula is C20H24N4O. The minimum absolute atomic E-state index is 0.0461. The number of unbranched alkanes of at least 4 members (excludes halogenated alkanes) is 2. The molecule has 3 N–H and O–H groups in total. The molecule has 0 saturated carbocycles. The fourth-order valence-corrected chi connectivity index (χ4v) is 2.82. The molecule has 25 heavy (non-hydrogen) atoms. The van der Waals surface area contributed by atoms with Crippen LogP contribution in [0.1, 0.15) is 31.7 Å². The summed E-state index contributed by atoms with van der Waals surface area (Å²) in [5.74, 6) is 0.793. The third-order valence-electron chi connectivity index (χ3n) is 4.16. The van der Waals surface area contributed by atoms with E-state index in [9.17, 15) is 4.79 Å². The Morgan fingerprint density at radius 3 is 2.84 bits per heavy atom. The highest BCUT2D eigenvalue weighted by atomic mass is 16.1. The van der Waals surface area contributed by atoms with Gasteiger partial charge < -0.3 is 15.6 Å². The number of fused-ring (bicyclic) bond motifs is 1. The van der Waals surface area contributed by atoms with E-state index in [0.717, 1.165) is 35.2 Å². The Bertz CT molecular complexity index is 823. The molecular weight excluding hydrogens is 312 g/mol. The fourth-order valence-electron chi connectivity index (χ4n) is 2.82. The lowest BCUT2D eigenvalue weighted by Gasteiger charge is -2.07. The first-order valence-electron chi connectivity index (χ1n) is 8.81. The number of benzene rings is 1. The van der Waals surface area contributed by atoms with Crippen molar-refractivity contribution in [2.24, 2.45) is 0 Å². The highest BCUT2D eigenvalue weighted by Gasteiger charge is 2.09. The zero-order valence-corrected chi connectivity index (χ0v) is 14.5. The van der Waals surface area contributed by atoms with Gasteiger partial charge in [-0.2, -0.15) is 0 Å². The maximum absolute atomic E-state index is 12.3. The van der Waals surface area contributed by atoms with Crippen molar-refractivity contribution in [1.82, 2.24) is 9.97 Å². The molecule has 0 aliphatic carbocycles. The van der Waals surface area contributed by atoms with Gasteiger partial charge in [-0.15, -0.1) is 0 Å². The number of amides is 1. The van der Waals surface area contributed by atoms with Crippen molar-refractivity contribution in [3.63, 3.8) is 0 Å². The largest absolute Gasteiger partial charge is 0.370 e. The second kappa shape index (κ2) is 8.33. The SMILES string of the molecule is CCCCCNc1ccc(NC(=O)Cc2c[nH]c3ccccc23)cn1. The number of pyridine rings is 1. The summed E-state index contributed by atoms with van der Waals surface area (Å²) < 4.78 is 0. The number of para-hydroxylation sites is 1. The van der Waals surface area contributed by atoms with E-state index >= 15 is 0 Å². The molecule has 0 atom stereocenters. The quantitative estimate of drug-likeness (QED) is 0.536. The Labute approximate surface area is 147 Å². The van der Waals surface area contributed by atoms with Crippen LogP contribution in [-0.2, 0) is 11.2 Å². The van der Waals surface area contributed by atoms with Crippen LogP contribution in [0.3, 0.4) is 0 Å². The van der Waals surface area contributed by atoms with Gasteiger partial charge in [-0.3, -0.25) is 4.79 Å².